The molecule has 0 spiro atoms. The number of aliphatic carboxylic acids is 1. The summed E-state index contributed by atoms with van der Waals surface area (Å²) in [5.74, 6) is 1.20. The van der Waals surface area contributed by atoms with Crippen LogP contribution in [0, 0.1) is 42.4 Å². The molecule has 10 nitrogen and oxygen atoms in total. The first kappa shape index (κ1) is 39.6. The fourth-order valence-corrected chi connectivity index (χ4v) is 7.76. The van der Waals surface area contributed by atoms with Crippen molar-refractivity contribution in [2.75, 3.05) is 32.8 Å². The molecule has 0 saturated carbocycles. The molecule has 2 fully saturated rings. The van der Waals surface area contributed by atoms with Gasteiger partial charge in [-0.25, -0.2) is 0 Å². The van der Waals surface area contributed by atoms with E-state index in [4.69, 9.17) is 25.8 Å². The minimum absolute atomic E-state index is 0.157. The highest BCUT2D eigenvalue weighted by molar-refractivity contribution is 6.32. The molecule has 2 saturated heterocycles. The highest BCUT2D eigenvalue weighted by Crippen LogP contribution is 2.37. The van der Waals surface area contributed by atoms with E-state index in [1.54, 1.807) is 24.4 Å². The molecule has 2 aliphatic rings. The third kappa shape index (κ3) is 10.1. The van der Waals surface area contributed by atoms with Crippen molar-refractivity contribution in [1.29, 1.82) is 10.5 Å². The third-order valence-corrected chi connectivity index (χ3v) is 11.1. The lowest BCUT2D eigenvalue weighted by Gasteiger charge is -2.33. The summed E-state index contributed by atoms with van der Waals surface area (Å²) in [6, 6.07) is 21.6. The lowest BCUT2D eigenvalue weighted by molar-refractivity contribution is -0.144. The number of ether oxygens (including phenoxy) is 3. The fraction of sp³-hybridized carbons (Fsp3) is 0.409. The Kier molecular flexibility index (Phi) is 13.6. The smallest absolute Gasteiger partial charge is 0.320 e. The van der Waals surface area contributed by atoms with E-state index in [2.05, 4.69) is 48.0 Å². The quantitative estimate of drug-likeness (QED) is 0.118. The number of halogens is 1. The number of likely N-dealkylation sites (tertiary alicyclic amines) is 2. The van der Waals surface area contributed by atoms with E-state index < -0.39 is 12.0 Å². The summed E-state index contributed by atoms with van der Waals surface area (Å²) in [5, 5.41) is 28.8. The zero-order valence-corrected chi connectivity index (χ0v) is 32.4. The second kappa shape index (κ2) is 19.0. The Bertz CT molecular complexity index is 2050. The van der Waals surface area contributed by atoms with E-state index in [0.717, 1.165) is 96.4 Å². The molecule has 0 amide bonds. The highest BCUT2D eigenvalue weighted by atomic mass is 35.5. The van der Waals surface area contributed by atoms with Gasteiger partial charge in [-0.1, -0.05) is 48.4 Å². The Labute approximate surface area is 328 Å². The molecule has 0 bridgehead atoms. The van der Waals surface area contributed by atoms with Gasteiger partial charge in [0.2, 0.25) is 0 Å². The van der Waals surface area contributed by atoms with Crippen molar-refractivity contribution in [2.24, 2.45) is 5.92 Å². The Morgan fingerprint density at radius 2 is 1.64 bits per heavy atom. The van der Waals surface area contributed by atoms with Crippen molar-refractivity contribution in [3.63, 3.8) is 0 Å². The predicted molar refractivity (Wildman–Crippen MR) is 211 cm³/mol. The minimum atomic E-state index is -0.833. The number of carbonyl (C=O) groups is 1. The lowest BCUT2D eigenvalue weighted by Crippen LogP contribution is -2.44. The van der Waals surface area contributed by atoms with Gasteiger partial charge in [0.25, 0.3) is 0 Å². The van der Waals surface area contributed by atoms with Crippen LogP contribution >= 0.6 is 11.6 Å². The Hall–Kier alpha value is -5.13. The molecular formula is C44H48ClN5O5. The molecule has 6 rings (SSSR count). The van der Waals surface area contributed by atoms with Crippen LogP contribution in [0.1, 0.15) is 71.9 Å². The number of benzene rings is 3. The number of rotatable bonds is 15. The van der Waals surface area contributed by atoms with Crippen LogP contribution in [0.2, 0.25) is 5.02 Å². The van der Waals surface area contributed by atoms with Crippen molar-refractivity contribution >= 4 is 17.6 Å². The summed E-state index contributed by atoms with van der Waals surface area (Å²) in [5.41, 5.74) is 7.28. The molecule has 4 aromatic rings. The standard InChI is InChI=1S/C44H48ClN5O5/c1-30-35(8-5-9-37(30)38-10-6-12-41(31(38)2)53-19-7-15-49-17-13-32(23-46)14-18-49)29-55-43-22-42(54-28-34-20-33(24-47)25-48-26-34)36(21-39(43)45)27-50-16-4-3-11-40(50)44(51)52/h5-6,8-10,12,20-22,25-26,32,40H,3-4,7,11,13-19,27-29H2,1-2H3,(H,51,52)/t40-/m0/s1. The Morgan fingerprint density at radius 3 is 2.40 bits per heavy atom. The van der Waals surface area contributed by atoms with Gasteiger partial charge in [-0.2, -0.15) is 10.5 Å². The van der Waals surface area contributed by atoms with Crippen LogP contribution in [0.3, 0.4) is 0 Å². The molecule has 1 N–H and O–H groups in total. The molecule has 3 heterocycles. The summed E-state index contributed by atoms with van der Waals surface area (Å²) in [4.78, 5) is 20.6. The fourth-order valence-electron chi connectivity index (χ4n) is 7.52. The van der Waals surface area contributed by atoms with Crippen molar-refractivity contribution in [3.8, 4) is 40.5 Å². The monoisotopic (exact) mass is 761 g/mol. The van der Waals surface area contributed by atoms with Crippen LogP contribution in [0.15, 0.2) is 67.0 Å². The number of hydrogen-bond donors (Lipinski definition) is 1. The average Bonchev–Trinajstić information content (AvgIpc) is 3.20. The van der Waals surface area contributed by atoms with Crippen molar-refractivity contribution in [3.05, 3.63) is 105 Å². The maximum Gasteiger partial charge on any atom is 0.320 e. The first-order valence-electron chi connectivity index (χ1n) is 19.1. The maximum atomic E-state index is 12.1. The van der Waals surface area contributed by atoms with Crippen molar-refractivity contribution in [1.82, 2.24) is 14.8 Å². The lowest BCUT2D eigenvalue weighted by atomic mass is 9.93. The van der Waals surface area contributed by atoms with Crippen LogP contribution < -0.4 is 14.2 Å². The topological polar surface area (TPSA) is 132 Å². The van der Waals surface area contributed by atoms with E-state index in [1.165, 1.54) is 6.20 Å². The number of hydrogen-bond acceptors (Lipinski definition) is 9. The molecule has 286 valence electrons. The van der Waals surface area contributed by atoms with Gasteiger partial charge in [0.05, 0.1) is 23.3 Å². The molecule has 0 aliphatic carbocycles. The molecular weight excluding hydrogens is 714 g/mol. The largest absolute Gasteiger partial charge is 0.493 e. The third-order valence-electron chi connectivity index (χ3n) is 10.8. The van der Waals surface area contributed by atoms with Crippen LogP contribution in [-0.4, -0.2) is 64.7 Å². The van der Waals surface area contributed by atoms with Gasteiger partial charge in [0.15, 0.2) is 0 Å². The zero-order valence-electron chi connectivity index (χ0n) is 31.6. The molecule has 55 heavy (non-hydrogen) atoms. The van der Waals surface area contributed by atoms with Gasteiger partial charge in [-0.15, -0.1) is 0 Å². The van der Waals surface area contributed by atoms with E-state index in [0.29, 0.717) is 48.2 Å². The van der Waals surface area contributed by atoms with E-state index in [-0.39, 0.29) is 19.1 Å². The molecule has 0 unspecified atom stereocenters. The molecule has 1 atom stereocenters. The van der Waals surface area contributed by atoms with Crippen LogP contribution in [0.25, 0.3) is 11.1 Å². The summed E-state index contributed by atoms with van der Waals surface area (Å²) < 4.78 is 19.0. The predicted octanol–water partition coefficient (Wildman–Crippen LogP) is 8.49. The number of nitriles is 2. The Morgan fingerprint density at radius 1 is 0.873 bits per heavy atom. The Balaban J connectivity index is 1.16. The van der Waals surface area contributed by atoms with Crippen molar-refractivity contribution < 1.29 is 24.1 Å². The van der Waals surface area contributed by atoms with Crippen LogP contribution in [0.5, 0.6) is 17.2 Å². The van der Waals surface area contributed by atoms with Crippen LogP contribution in [0.4, 0.5) is 0 Å². The van der Waals surface area contributed by atoms with Crippen molar-refractivity contribution in [2.45, 2.75) is 78.2 Å². The maximum absolute atomic E-state index is 12.1. The number of carboxylic acid groups (broad SMARTS) is 1. The van der Waals surface area contributed by atoms with Gasteiger partial charge in [-0.3, -0.25) is 14.7 Å². The summed E-state index contributed by atoms with van der Waals surface area (Å²) in [6.07, 6.45) is 8.36. The number of aromatic nitrogens is 1. The number of piperidine rings is 2. The average molecular weight is 762 g/mol. The second-order valence-electron chi connectivity index (χ2n) is 14.4. The zero-order chi connectivity index (χ0) is 38.7. The number of pyridine rings is 1. The van der Waals surface area contributed by atoms with Gasteiger partial charge in [-0.05, 0) is 112 Å². The highest BCUT2D eigenvalue weighted by Gasteiger charge is 2.29. The van der Waals surface area contributed by atoms with E-state index in [1.807, 2.05) is 29.2 Å². The van der Waals surface area contributed by atoms with Gasteiger partial charge in [0, 0.05) is 48.6 Å². The second-order valence-corrected chi connectivity index (χ2v) is 14.9. The minimum Gasteiger partial charge on any atom is -0.493 e. The summed E-state index contributed by atoms with van der Waals surface area (Å²) >= 11 is 6.86. The molecule has 1 aromatic heterocycles. The first-order valence-corrected chi connectivity index (χ1v) is 19.4. The first-order chi connectivity index (χ1) is 26.7. The number of nitrogens with zero attached hydrogens (tertiary/aromatic N) is 5. The molecule has 11 heteroatoms. The van der Waals surface area contributed by atoms with Gasteiger partial charge >= 0.3 is 5.97 Å². The van der Waals surface area contributed by atoms with Gasteiger partial charge in [0.1, 0.15) is 42.6 Å². The number of carboxylic acids is 1. The summed E-state index contributed by atoms with van der Waals surface area (Å²) in [6.45, 7) is 9.17. The molecule has 2 aliphatic heterocycles. The molecule has 3 aromatic carbocycles. The normalized spacial score (nSPS) is 16.6. The van der Waals surface area contributed by atoms with Crippen LogP contribution in [-0.2, 0) is 24.6 Å². The summed E-state index contributed by atoms with van der Waals surface area (Å²) in [7, 11) is 0. The molecule has 0 radical (unpaired) electrons. The van der Waals surface area contributed by atoms with E-state index >= 15 is 0 Å². The SMILES string of the molecule is Cc1c(COc2cc(OCc3cncc(C#N)c3)c(CN3CCCC[C@H]3C(=O)O)cc2Cl)cccc1-c1cccc(OCCCN2CCC(C#N)CC2)c1C. The van der Waals surface area contributed by atoms with Gasteiger partial charge < -0.3 is 24.2 Å². The van der Waals surface area contributed by atoms with E-state index in [9.17, 15) is 20.4 Å².